The second kappa shape index (κ2) is 2.73. The van der Waals surface area contributed by atoms with Crippen LogP contribution in [0, 0.1) is 0 Å². The fourth-order valence-electron chi connectivity index (χ4n) is 2.31. The van der Waals surface area contributed by atoms with Crippen LogP contribution in [0.1, 0.15) is 32.6 Å². The molecule has 2 unspecified atom stereocenters. The highest BCUT2D eigenvalue weighted by atomic mass is 16.2. The van der Waals surface area contributed by atoms with Crippen LogP contribution in [0.15, 0.2) is 0 Å². The Morgan fingerprint density at radius 2 is 2.42 bits per heavy atom. The molecule has 0 spiro atoms. The number of hydrogen-bond donors (Lipinski definition) is 2. The standard InChI is InChI=1S/C9H16N2O/c1-9(5-4-8(12)11-9)7-3-2-6-10-7/h7,10H,2-6H2,1H3,(H,11,12). The molecule has 0 aromatic carbocycles. The van der Waals surface area contributed by atoms with E-state index in [0.29, 0.717) is 12.5 Å². The van der Waals surface area contributed by atoms with E-state index < -0.39 is 0 Å². The zero-order valence-corrected chi connectivity index (χ0v) is 7.52. The van der Waals surface area contributed by atoms with Crippen molar-refractivity contribution in [1.29, 1.82) is 0 Å². The molecule has 2 aliphatic heterocycles. The SMILES string of the molecule is CC1(C2CCCN2)CCC(=O)N1. The van der Waals surface area contributed by atoms with E-state index in [4.69, 9.17) is 0 Å². The second-order valence-corrected chi connectivity index (χ2v) is 4.11. The third-order valence-corrected chi connectivity index (χ3v) is 3.13. The summed E-state index contributed by atoms with van der Waals surface area (Å²) in [6.45, 7) is 3.26. The van der Waals surface area contributed by atoms with Crippen LogP contribution in [0.4, 0.5) is 0 Å². The molecule has 2 rings (SSSR count). The largest absolute Gasteiger partial charge is 0.349 e. The van der Waals surface area contributed by atoms with Gasteiger partial charge < -0.3 is 10.6 Å². The van der Waals surface area contributed by atoms with Crippen LogP contribution < -0.4 is 10.6 Å². The maximum Gasteiger partial charge on any atom is 0.220 e. The molecule has 2 heterocycles. The van der Waals surface area contributed by atoms with E-state index in [1.165, 1.54) is 12.8 Å². The lowest BCUT2D eigenvalue weighted by Crippen LogP contribution is -2.52. The number of carbonyl (C=O) groups is 1. The van der Waals surface area contributed by atoms with Crippen LogP contribution in [0.3, 0.4) is 0 Å². The zero-order chi connectivity index (χ0) is 8.60. The molecular formula is C9H16N2O. The topological polar surface area (TPSA) is 41.1 Å². The lowest BCUT2D eigenvalue weighted by atomic mass is 9.90. The molecule has 2 fully saturated rings. The maximum absolute atomic E-state index is 11.1. The van der Waals surface area contributed by atoms with Gasteiger partial charge in [0.1, 0.15) is 0 Å². The Balaban J connectivity index is 2.05. The molecule has 2 saturated heterocycles. The molecule has 0 aromatic heterocycles. The molecule has 2 atom stereocenters. The van der Waals surface area contributed by atoms with Gasteiger partial charge in [-0.05, 0) is 32.7 Å². The highest BCUT2D eigenvalue weighted by Crippen LogP contribution is 2.27. The van der Waals surface area contributed by atoms with Crippen molar-refractivity contribution in [3.8, 4) is 0 Å². The molecular weight excluding hydrogens is 152 g/mol. The van der Waals surface area contributed by atoms with Gasteiger partial charge in [0.15, 0.2) is 0 Å². The van der Waals surface area contributed by atoms with Crippen molar-refractivity contribution in [2.45, 2.75) is 44.2 Å². The summed E-state index contributed by atoms with van der Waals surface area (Å²) in [7, 11) is 0. The molecule has 2 aliphatic rings. The minimum Gasteiger partial charge on any atom is -0.349 e. The first-order valence-corrected chi connectivity index (χ1v) is 4.75. The van der Waals surface area contributed by atoms with Crippen molar-refractivity contribution in [3.05, 3.63) is 0 Å². The monoisotopic (exact) mass is 168 g/mol. The van der Waals surface area contributed by atoms with Gasteiger partial charge in [-0.15, -0.1) is 0 Å². The Kier molecular flexibility index (Phi) is 1.83. The van der Waals surface area contributed by atoms with Gasteiger partial charge >= 0.3 is 0 Å². The highest BCUT2D eigenvalue weighted by molar-refractivity contribution is 5.79. The van der Waals surface area contributed by atoms with E-state index in [0.717, 1.165) is 13.0 Å². The first-order valence-electron chi connectivity index (χ1n) is 4.75. The summed E-state index contributed by atoms with van der Waals surface area (Å²) >= 11 is 0. The molecule has 0 bridgehead atoms. The van der Waals surface area contributed by atoms with Gasteiger partial charge in [-0.25, -0.2) is 0 Å². The van der Waals surface area contributed by atoms with Crippen LogP contribution in [-0.4, -0.2) is 24.0 Å². The van der Waals surface area contributed by atoms with Crippen molar-refractivity contribution in [3.63, 3.8) is 0 Å². The number of amides is 1. The van der Waals surface area contributed by atoms with Crippen LogP contribution in [0.5, 0.6) is 0 Å². The van der Waals surface area contributed by atoms with Crippen LogP contribution >= 0.6 is 0 Å². The average Bonchev–Trinajstić information content (AvgIpc) is 2.59. The Labute approximate surface area is 72.9 Å². The summed E-state index contributed by atoms with van der Waals surface area (Å²) in [4.78, 5) is 11.1. The Bertz CT molecular complexity index is 199. The summed E-state index contributed by atoms with van der Waals surface area (Å²) in [6.07, 6.45) is 4.14. The molecule has 1 amide bonds. The summed E-state index contributed by atoms with van der Waals surface area (Å²) in [5.41, 5.74) is 0.0353. The average molecular weight is 168 g/mol. The number of hydrogen-bond acceptors (Lipinski definition) is 2. The molecule has 68 valence electrons. The van der Waals surface area contributed by atoms with E-state index in [-0.39, 0.29) is 11.4 Å². The van der Waals surface area contributed by atoms with Crippen molar-refractivity contribution in [2.75, 3.05) is 6.54 Å². The molecule has 2 N–H and O–H groups in total. The summed E-state index contributed by atoms with van der Waals surface area (Å²) in [6, 6.07) is 0.504. The smallest absolute Gasteiger partial charge is 0.220 e. The minimum absolute atomic E-state index is 0.0353. The fourth-order valence-corrected chi connectivity index (χ4v) is 2.31. The second-order valence-electron chi connectivity index (χ2n) is 4.11. The first kappa shape index (κ1) is 8.05. The van der Waals surface area contributed by atoms with Crippen LogP contribution in [0.2, 0.25) is 0 Å². The first-order chi connectivity index (χ1) is 5.71. The van der Waals surface area contributed by atoms with Crippen molar-refractivity contribution in [1.82, 2.24) is 10.6 Å². The molecule has 3 heteroatoms. The molecule has 12 heavy (non-hydrogen) atoms. The molecule has 0 aromatic rings. The van der Waals surface area contributed by atoms with Crippen molar-refractivity contribution < 1.29 is 4.79 Å². The van der Waals surface area contributed by atoms with Gasteiger partial charge in [0.25, 0.3) is 0 Å². The fraction of sp³-hybridized carbons (Fsp3) is 0.889. The van der Waals surface area contributed by atoms with Gasteiger partial charge in [-0.3, -0.25) is 4.79 Å². The predicted molar refractivity (Wildman–Crippen MR) is 46.8 cm³/mol. The van der Waals surface area contributed by atoms with E-state index >= 15 is 0 Å². The van der Waals surface area contributed by atoms with E-state index in [9.17, 15) is 4.79 Å². The highest BCUT2D eigenvalue weighted by Gasteiger charge is 2.40. The predicted octanol–water partition coefficient (Wildman–Crippen LogP) is 0.407. The van der Waals surface area contributed by atoms with Gasteiger partial charge in [-0.2, -0.15) is 0 Å². The van der Waals surface area contributed by atoms with E-state index in [1.54, 1.807) is 0 Å². The summed E-state index contributed by atoms with van der Waals surface area (Å²) < 4.78 is 0. The Morgan fingerprint density at radius 1 is 1.58 bits per heavy atom. The number of nitrogens with one attached hydrogen (secondary N) is 2. The van der Waals surface area contributed by atoms with Gasteiger partial charge in [-0.1, -0.05) is 0 Å². The van der Waals surface area contributed by atoms with Gasteiger partial charge in [0, 0.05) is 12.5 Å². The number of carbonyl (C=O) groups excluding carboxylic acids is 1. The zero-order valence-electron chi connectivity index (χ0n) is 7.52. The molecule has 3 nitrogen and oxygen atoms in total. The number of rotatable bonds is 1. The van der Waals surface area contributed by atoms with E-state index in [2.05, 4.69) is 17.6 Å². The third kappa shape index (κ3) is 1.22. The molecule has 0 aliphatic carbocycles. The van der Waals surface area contributed by atoms with Crippen LogP contribution in [0.25, 0.3) is 0 Å². The molecule has 0 radical (unpaired) electrons. The van der Waals surface area contributed by atoms with E-state index in [1.807, 2.05) is 0 Å². The lowest BCUT2D eigenvalue weighted by molar-refractivity contribution is -0.119. The van der Waals surface area contributed by atoms with Crippen LogP contribution in [-0.2, 0) is 4.79 Å². The maximum atomic E-state index is 11.1. The summed E-state index contributed by atoms with van der Waals surface area (Å²) in [5, 5.41) is 6.52. The normalized spacial score (nSPS) is 41.8. The Morgan fingerprint density at radius 3 is 2.92 bits per heavy atom. The lowest BCUT2D eigenvalue weighted by Gasteiger charge is -2.31. The quantitative estimate of drug-likeness (QED) is 0.595. The van der Waals surface area contributed by atoms with Crippen molar-refractivity contribution >= 4 is 5.91 Å². The summed E-state index contributed by atoms with van der Waals surface area (Å²) in [5.74, 6) is 0.214. The van der Waals surface area contributed by atoms with Gasteiger partial charge in [0.05, 0.1) is 5.54 Å². The van der Waals surface area contributed by atoms with Gasteiger partial charge in [0.2, 0.25) is 5.91 Å². The molecule has 0 saturated carbocycles. The Hall–Kier alpha value is -0.570. The van der Waals surface area contributed by atoms with Crippen molar-refractivity contribution in [2.24, 2.45) is 0 Å². The minimum atomic E-state index is 0.0353. The third-order valence-electron chi connectivity index (χ3n) is 3.13.